The molecule has 0 fully saturated rings. The summed E-state index contributed by atoms with van der Waals surface area (Å²) in [5.41, 5.74) is 5.60. The Morgan fingerprint density at radius 3 is 2.20 bits per heavy atom. The number of benzene rings is 3. The van der Waals surface area contributed by atoms with Gasteiger partial charge in [0.2, 0.25) is 5.89 Å². The number of nitrogens with one attached hydrogen (secondary N) is 1. The quantitative estimate of drug-likeness (QED) is 0.485. The van der Waals surface area contributed by atoms with E-state index in [0.29, 0.717) is 39.7 Å². The molecule has 4 rings (SSSR count). The highest BCUT2D eigenvalue weighted by Crippen LogP contribution is 2.28. The molecule has 0 aliphatic heterocycles. The molecule has 6 heteroatoms. The molecule has 6 nitrogen and oxygen atoms in total. The van der Waals surface area contributed by atoms with Gasteiger partial charge in [0, 0.05) is 22.9 Å². The number of methoxy groups -OCH3 is 2. The number of ether oxygens (including phenoxy) is 2. The fourth-order valence-corrected chi connectivity index (χ4v) is 3.37. The Morgan fingerprint density at radius 1 is 0.900 bits per heavy atom. The Hall–Kier alpha value is -3.80. The molecule has 4 aromatic rings. The van der Waals surface area contributed by atoms with E-state index in [9.17, 15) is 4.79 Å². The van der Waals surface area contributed by atoms with E-state index < -0.39 is 0 Å². The number of hydrogen-bond donors (Lipinski definition) is 1. The summed E-state index contributed by atoms with van der Waals surface area (Å²) in [7, 11) is 3.09. The van der Waals surface area contributed by atoms with Gasteiger partial charge in [-0.3, -0.25) is 4.79 Å². The Bertz CT molecular complexity index is 1200. The van der Waals surface area contributed by atoms with E-state index in [4.69, 9.17) is 13.9 Å². The molecule has 0 unspecified atom stereocenters. The molecule has 0 aliphatic carbocycles. The van der Waals surface area contributed by atoms with Crippen molar-refractivity contribution in [3.63, 3.8) is 0 Å². The van der Waals surface area contributed by atoms with Crippen LogP contribution in [-0.2, 0) is 0 Å². The number of aryl methyl sites for hydroxylation is 2. The SMILES string of the molecule is COc1cc(OC)cc(C(=O)Nc2ccc3oc(-c4cc(C)cc(C)c4)nc3c2)c1. The molecule has 1 aromatic heterocycles. The summed E-state index contributed by atoms with van der Waals surface area (Å²) in [5, 5.41) is 2.89. The lowest BCUT2D eigenvalue weighted by Gasteiger charge is -2.09. The number of oxazole rings is 1. The van der Waals surface area contributed by atoms with Crippen LogP contribution < -0.4 is 14.8 Å². The van der Waals surface area contributed by atoms with Crippen molar-refractivity contribution in [2.45, 2.75) is 13.8 Å². The predicted molar refractivity (Wildman–Crippen MR) is 116 cm³/mol. The van der Waals surface area contributed by atoms with Gasteiger partial charge in [-0.05, 0) is 56.3 Å². The van der Waals surface area contributed by atoms with Crippen LogP contribution in [0.3, 0.4) is 0 Å². The van der Waals surface area contributed by atoms with Gasteiger partial charge in [-0.15, -0.1) is 0 Å². The van der Waals surface area contributed by atoms with E-state index in [0.717, 1.165) is 16.7 Å². The van der Waals surface area contributed by atoms with Gasteiger partial charge < -0.3 is 19.2 Å². The van der Waals surface area contributed by atoms with Gasteiger partial charge in [0.15, 0.2) is 5.58 Å². The zero-order chi connectivity index (χ0) is 21.3. The summed E-state index contributed by atoms with van der Waals surface area (Å²) in [4.78, 5) is 17.3. The molecule has 0 saturated carbocycles. The number of amides is 1. The molecule has 0 saturated heterocycles. The van der Waals surface area contributed by atoms with Gasteiger partial charge in [0.25, 0.3) is 5.91 Å². The van der Waals surface area contributed by atoms with E-state index in [-0.39, 0.29) is 5.91 Å². The van der Waals surface area contributed by atoms with Crippen LogP contribution in [0.25, 0.3) is 22.6 Å². The number of nitrogens with zero attached hydrogens (tertiary/aromatic N) is 1. The summed E-state index contributed by atoms with van der Waals surface area (Å²) < 4.78 is 16.4. The van der Waals surface area contributed by atoms with E-state index >= 15 is 0 Å². The van der Waals surface area contributed by atoms with Crippen LogP contribution in [-0.4, -0.2) is 25.1 Å². The van der Waals surface area contributed by atoms with Crippen molar-refractivity contribution in [3.8, 4) is 23.0 Å². The molecular weight excluding hydrogens is 380 g/mol. The zero-order valence-corrected chi connectivity index (χ0v) is 17.3. The highest BCUT2D eigenvalue weighted by molar-refractivity contribution is 6.05. The molecule has 1 N–H and O–H groups in total. The van der Waals surface area contributed by atoms with Crippen molar-refractivity contribution >= 4 is 22.7 Å². The summed E-state index contributed by atoms with van der Waals surface area (Å²) in [5.74, 6) is 1.37. The van der Waals surface area contributed by atoms with E-state index in [2.05, 4.69) is 16.4 Å². The van der Waals surface area contributed by atoms with Gasteiger partial charge in [0.1, 0.15) is 17.0 Å². The van der Waals surface area contributed by atoms with Crippen molar-refractivity contribution in [2.24, 2.45) is 0 Å². The number of hydrogen-bond acceptors (Lipinski definition) is 5. The standard InChI is InChI=1S/C24H22N2O4/c1-14-7-15(2)9-17(8-14)24-26-21-12-18(5-6-22(21)30-24)25-23(27)16-10-19(28-3)13-20(11-16)29-4/h5-13H,1-4H3,(H,25,27). The molecule has 30 heavy (non-hydrogen) atoms. The first kappa shape index (κ1) is 19.5. The first-order chi connectivity index (χ1) is 14.4. The first-order valence-corrected chi connectivity index (χ1v) is 9.49. The van der Waals surface area contributed by atoms with Crippen LogP contribution in [0.4, 0.5) is 5.69 Å². The Kier molecular flexibility index (Phi) is 5.14. The number of carbonyl (C=O) groups excluding carboxylic acids is 1. The number of carbonyl (C=O) groups is 1. The predicted octanol–water partition coefficient (Wildman–Crippen LogP) is 5.38. The molecule has 0 atom stereocenters. The minimum Gasteiger partial charge on any atom is -0.497 e. The van der Waals surface area contributed by atoms with Crippen LogP contribution >= 0.6 is 0 Å². The minimum atomic E-state index is -0.274. The first-order valence-electron chi connectivity index (χ1n) is 9.49. The normalized spacial score (nSPS) is 10.8. The third kappa shape index (κ3) is 3.98. The second-order valence-corrected chi connectivity index (χ2v) is 7.13. The van der Waals surface area contributed by atoms with Gasteiger partial charge >= 0.3 is 0 Å². The minimum absolute atomic E-state index is 0.274. The number of aromatic nitrogens is 1. The number of rotatable bonds is 5. The van der Waals surface area contributed by atoms with Crippen LogP contribution in [0, 0.1) is 13.8 Å². The van der Waals surface area contributed by atoms with Gasteiger partial charge in [0.05, 0.1) is 14.2 Å². The maximum atomic E-state index is 12.7. The lowest BCUT2D eigenvalue weighted by atomic mass is 10.1. The smallest absolute Gasteiger partial charge is 0.255 e. The number of fused-ring (bicyclic) bond motifs is 1. The Morgan fingerprint density at radius 2 is 1.57 bits per heavy atom. The van der Waals surface area contributed by atoms with Crippen molar-refractivity contribution in [1.29, 1.82) is 0 Å². The molecule has 0 radical (unpaired) electrons. The topological polar surface area (TPSA) is 73.6 Å². The van der Waals surface area contributed by atoms with Crippen LogP contribution in [0.1, 0.15) is 21.5 Å². The monoisotopic (exact) mass is 402 g/mol. The van der Waals surface area contributed by atoms with Gasteiger partial charge in [-0.1, -0.05) is 17.2 Å². The highest BCUT2D eigenvalue weighted by atomic mass is 16.5. The third-order valence-corrected chi connectivity index (χ3v) is 4.73. The van der Waals surface area contributed by atoms with Crippen LogP contribution in [0.15, 0.2) is 59.0 Å². The molecule has 0 bridgehead atoms. The van der Waals surface area contributed by atoms with Crippen molar-refractivity contribution < 1.29 is 18.7 Å². The summed E-state index contributed by atoms with van der Waals surface area (Å²) in [6, 6.07) is 16.6. The maximum Gasteiger partial charge on any atom is 0.255 e. The second kappa shape index (κ2) is 7.91. The van der Waals surface area contributed by atoms with Gasteiger partial charge in [-0.25, -0.2) is 4.98 Å². The van der Waals surface area contributed by atoms with E-state index in [1.54, 1.807) is 50.6 Å². The molecule has 3 aromatic carbocycles. The summed E-state index contributed by atoms with van der Waals surface area (Å²) in [6.45, 7) is 4.08. The van der Waals surface area contributed by atoms with Crippen molar-refractivity contribution in [3.05, 3.63) is 71.3 Å². The molecule has 1 heterocycles. The summed E-state index contributed by atoms with van der Waals surface area (Å²) >= 11 is 0. The second-order valence-electron chi connectivity index (χ2n) is 7.13. The molecule has 0 spiro atoms. The average molecular weight is 402 g/mol. The molecular formula is C24H22N2O4. The highest BCUT2D eigenvalue weighted by Gasteiger charge is 2.13. The fourth-order valence-electron chi connectivity index (χ4n) is 3.37. The zero-order valence-electron chi connectivity index (χ0n) is 17.3. The lowest BCUT2D eigenvalue weighted by Crippen LogP contribution is -2.12. The fraction of sp³-hybridized carbons (Fsp3) is 0.167. The van der Waals surface area contributed by atoms with Crippen molar-refractivity contribution in [2.75, 3.05) is 19.5 Å². The Balaban J connectivity index is 1.62. The van der Waals surface area contributed by atoms with Gasteiger partial charge in [-0.2, -0.15) is 0 Å². The Labute approximate surface area is 174 Å². The average Bonchev–Trinajstić information content (AvgIpc) is 3.16. The van der Waals surface area contributed by atoms with Crippen molar-refractivity contribution in [1.82, 2.24) is 4.98 Å². The molecule has 152 valence electrons. The summed E-state index contributed by atoms with van der Waals surface area (Å²) in [6.07, 6.45) is 0. The molecule has 0 aliphatic rings. The largest absolute Gasteiger partial charge is 0.497 e. The number of anilines is 1. The third-order valence-electron chi connectivity index (χ3n) is 4.73. The lowest BCUT2D eigenvalue weighted by molar-refractivity contribution is 0.102. The van der Waals surface area contributed by atoms with Crippen LogP contribution in [0.5, 0.6) is 11.5 Å². The van der Waals surface area contributed by atoms with E-state index in [1.165, 1.54) is 0 Å². The van der Waals surface area contributed by atoms with Crippen LogP contribution in [0.2, 0.25) is 0 Å². The maximum absolute atomic E-state index is 12.7. The van der Waals surface area contributed by atoms with E-state index in [1.807, 2.05) is 26.0 Å². The molecule has 1 amide bonds.